The summed E-state index contributed by atoms with van der Waals surface area (Å²) < 4.78 is 5.16. The van der Waals surface area contributed by atoms with E-state index < -0.39 is 17.7 Å². The molecule has 1 atom stereocenters. The number of ether oxygens (including phenoxy) is 1. The Labute approximate surface area is 146 Å². The molecule has 0 saturated carbocycles. The Kier molecular flexibility index (Phi) is 5.64. The van der Waals surface area contributed by atoms with Gasteiger partial charge in [0.2, 0.25) is 5.91 Å². The van der Waals surface area contributed by atoms with Gasteiger partial charge in [-0.3, -0.25) is 9.59 Å². The van der Waals surface area contributed by atoms with Crippen molar-refractivity contribution in [2.75, 3.05) is 13.1 Å². The number of likely N-dealkylation sites (tertiary alicyclic amines) is 1. The second kappa shape index (κ2) is 7.34. The number of carbonyl (C=O) groups is 3. The van der Waals surface area contributed by atoms with Crippen LogP contribution in [-0.2, 0) is 9.53 Å². The maximum atomic E-state index is 12.7. The number of nitrogens with zero attached hydrogens (tertiary/aromatic N) is 1. The first-order chi connectivity index (χ1) is 11.2. The van der Waals surface area contributed by atoms with Crippen LogP contribution in [0.4, 0.5) is 4.79 Å². The molecule has 2 rings (SSSR count). The molecule has 2 amide bonds. The highest BCUT2D eigenvalue weighted by atomic mass is 32.1. The zero-order valence-electron chi connectivity index (χ0n) is 14.5. The van der Waals surface area contributed by atoms with Crippen molar-refractivity contribution >= 4 is 29.1 Å². The van der Waals surface area contributed by atoms with Crippen LogP contribution in [0.3, 0.4) is 0 Å². The first-order valence-electron chi connectivity index (χ1n) is 8.02. The maximum absolute atomic E-state index is 12.7. The zero-order valence-corrected chi connectivity index (χ0v) is 15.4. The number of amides is 2. The summed E-state index contributed by atoms with van der Waals surface area (Å²) in [6.07, 6.45) is 0.372. The number of aryl methyl sites for hydroxylation is 1. The Morgan fingerprint density at radius 2 is 2.08 bits per heavy atom. The van der Waals surface area contributed by atoms with Gasteiger partial charge in [0.15, 0.2) is 5.78 Å². The third kappa shape index (κ3) is 4.56. The van der Waals surface area contributed by atoms with E-state index in [1.807, 2.05) is 17.7 Å². The summed E-state index contributed by atoms with van der Waals surface area (Å²) in [7, 11) is 0. The first-order valence-corrected chi connectivity index (χ1v) is 8.96. The van der Waals surface area contributed by atoms with Crippen molar-refractivity contribution in [3.05, 3.63) is 21.9 Å². The van der Waals surface area contributed by atoms with Crippen LogP contribution in [-0.4, -0.2) is 47.4 Å². The van der Waals surface area contributed by atoms with E-state index in [9.17, 15) is 14.4 Å². The summed E-state index contributed by atoms with van der Waals surface area (Å²) in [4.78, 5) is 38.0. The molecule has 6 nitrogen and oxygen atoms in total. The second-order valence-corrected chi connectivity index (χ2v) is 7.65. The Hall–Kier alpha value is -1.89. The van der Waals surface area contributed by atoms with Crippen LogP contribution >= 0.6 is 11.3 Å². The van der Waals surface area contributed by atoms with Gasteiger partial charge in [-0.25, -0.2) is 4.79 Å². The summed E-state index contributed by atoms with van der Waals surface area (Å²) in [5.41, 5.74) is 1.06. The van der Waals surface area contributed by atoms with Gasteiger partial charge in [0, 0.05) is 30.5 Å². The molecule has 132 valence electrons. The summed E-state index contributed by atoms with van der Waals surface area (Å²) in [5, 5.41) is 6.39. The topological polar surface area (TPSA) is 75.7 Å². The molecule has 0 bridgehead atoms. The molecule has 0 aromatic carbocycles. The number of rotatable bonds is 5. The quantitative estimate of drug-likeness (QED) is 0.827. The highest BCUT2D eigenvalue weighted by Gasteiger charge is 2.36. The van der Waals surface area contributed by atoms with Crippen molar-refractivity contribution in [1.29, 1.82) is 0 Å². The smallest absolute Gasteiger partial charge is 0.407 e. The highest BCUT2D eigenvalue weighted by Crippen LogP contribution is 2.25. The van der Waals surface area contributed by atoms with E-state index in [0.717, 1.165) is 5.56 Å². The Balaban J connectivity index is 1.93. The molecule has 0 spiro atoms. The third-order valence-corrected chi connectivity index (χ3v) is 4.63. The molecule has 1 saturated heterocycles. The number of thiophene rings is 1. The van der Waals surface area contributed by atoms with Gasteiger partial charge in [0.25, 0.3) is 0 Å². The molecule has 1 aliphatic heterocycles. The first kappa shape index (κ1) is 18.4. The monoisotopic (exact) mass is 352 g/mol. The van der Waals surface area contributed by atoms with Crippen LogP contribution in [0.5, 0.6) is 0 Å². The lowest BCUT2D eigenvalue weighted by Gasteiger charge is -2.25. The summed E-state index contributed by atoms with van der Waals surface area (Å²) in [6, 6.07) is -0.439. The number of alkyl carbamates (subject to hydrolysis) is 1. The summed E-state index contributed by atoms with van der Waals surface area (Å²) in [6.45, 7) is 7.82. The summed E-state index contributed by atoms with van der Waals surface area (Å²) >= 11 is 1.48. The van der Waals surface area contributed by atoms with Crippen LogP contribution < -0.4 is 5.32 Å². The zero-order chi connectivity index (χ0) is 17.9. The maximum Gasteiger partial charge on any atom is 0.407 e. The fraction of sp³-hybridized carbons (Fsp3) is 0.588. The normalized spacial score (nSPS) is 17.9. The van der Waals surface area contributed by atoms with Gasteiger partial charge in [0.1, 0.15) is 5.60 Å². The molecule has 0 radical (unpaired) electrons. The van der Waals surface area contributed by atoms with Gasteiger partial charge in [-0.1, -0.05) is 0 Å². The predicted molar refractivity (Wildman–Crippen MR) is 92.4 cm³/mol. The van der Waals surface area contributed by atoms with E-state index in [4.69, 9.17) is 4.74 Å². The van der Waals surface area contributed by atoms with Crippen LogP contribution in [0.1, 0.15) is 49.5 Å². The lowest BCUT2D eigenvalue weighted by Crippen LogP contribution is -2.44. The molecular formula is C17H24N2O4S. The lowest BCUT2D eigenvalue weighted by atomic mass is 10.0. The van der Waals surface area contributed by atoms with E-state index in [2.05, 4.69) is 5.32 Å². The molecule has 1 unspecified atom stereocenters. The highest BCUT2D eigenvalue weighted by molar-refractivity contribution is 7.08. The third-order valence-electron chi connectivity index (χ3n) is 3.77. The molecule has 1 aromatic rings. The van der Waals surface area contributed by atoms with Gasteiger partial charge >= 0.3 is 6.09 Å². The van der Waals surface area contributed by atoms with Crippen molar-refractivity contribution < 1.29 is 19.1 Å². The fourth-order valence-electron chi connectivity index (χ4n) is 2.67. The molecule has 0 aliphatic carbocycles. The Morgan fingerprint density at radius 1 is 1.38 bits per heavy atom. The molecule has 2 heterocycles. The van der Waals surface area contributed by atoms with Crippen molar-refractivity contribution in [2.24, 2.45) is 0 Å². The fourth-order valence-corrected chi connectivity index (χ4v) is 3.51. The number of nitrogens with one attached hydrogen (secondary N) is 1. The minimum Gasteiger partial charge on any atom is -0.444 e. The van der Waals surface area contributed by atoms with Crippen LogP contribution in [0.15, 0.2) is 10.8 Å². The molecule has 24 heavy (non-hydrogen) atoms. The molecule has 7 heteroatoms. The minimum absolute atomic E-state index is 0.0168. The largest absolute Gasteiger partial charge is 0.444 e. The van der Waals surface area contributed by atoms with Crippen LogP contribution in [0.2, 0.25) is 0 Å². The van der Waals surface area contributed by atoms with Gasteiger partial charge < -0.3 is 15.0 Å². The minimum atomic E-state index is -0.567. The van der Waals surface area contributed by atoms with E-state index in [-0.39, 0.29) is 18.2 Å². The number of hydrogen-bond acceptors (Lipinski definition) is 5. The Morgan fingerprint density at radius 3 is 2.67 bits per heavy atom. The molecule has 1 aromatic heterocycles. The predicted octanol–water partition coefficient (Wildman–Crippen LogP) is 2.75. The lowest BCUT2D eigenvalue weighted by molar-refractivity contribution is -0.128. The van der Waals surface area contributed by atoms with Crippen molar-refractivity contribution in [2.45, 2.75) is 52.2 Å². The van der Waals surface area contributed by atoms with Crippen molar-refractivity contribution in [3.63, 3.8) is 0 Å². The van der Waals surface area contributed by atoms with E-state index >= 15 is 0 Å². The number of hydrogen-bond donors (Lipinski definition) is 1. The van der Waals surface area contributed by atoms with Crippen LogP contribution in [0, 0.1) is 6.92 Å². The van der Waals surface area contributed by atoms with Gasteiger partial charge in [-0.05, 0) is 45.1 Å². The average molecular weight is 352 g/mol. The number of carbonyl (C=O) groups excluding carboxylic acids is 3. The van der Waals surface area contributed by atoms with E-state index in [1.165, 1.54) is 11.3 Å². The standard InChI is InChI=1S/C17H24N2O4S/c1-11-9-24-10-12(11)15(21)13-5-6-14(20)19(13)8-7-18-16(22)23-17(2,3)4/h9-10,13H,5-8H2,1-4H3,(H,18,22). The number of ketones is 1. The molecule has 1 aliphatic rings. The molecular weight excluding hydrogens is 328 g/mol. The molecule has 1 fully saturated rings. The van der Waals surface area contributed by atoms with Gasteiger partial charge in [-0.2, -0.15) is 11.3 Å². The second-order valence-electron chi connectivity index (χ2n) is 6.90. The van der Waals surface area contributed by atoms with E-state index in [0.29, 0.717) is 24.9 Å². The average Bonchev–Trinajstić information content (AvgIpc) is 3.03. The van der Waals surface area contributed by atoms with Crippen molar-refractivity contribution in [3.8, 4) is 0 Å². The summed E-state index contributed by atoms with van der Waals surface area (Å²) in [5.74, 6) is -0.0657. The Bertz CT molecular complexity index is 633. The van der Waals surface area contributed by atoms with E-state index in [1.54, 1.807) is 25.7 Å². The number of Topliss-reactive ketones (excluding diaryl/α,β-unsaturated/α-hetero) is 1. The van der Waals surface area contributed by atoms with Crippen molar-refractivity contribution in [1.82, 2.24) is 10.2 Å². The molecule has 1 N–H and O–H groups in total. The van der Waals surface area contributed by atoms with Gasteiger partial charge in [0.05, 0.1) is 6.04 Å². The van der Waals surface area contributed by atoms with Gasteiger partial charge in [-0.15, -0.1) is 0 Å². The van der Waals surface area contributed by atoms with Crippen LogP contribution in [0.25, 0.3) is 0 Å². The SMILES string of the molecule is Cc1cscc1C(=O)C1CCC(=O)N1CCNC(=O)OC(C)(C)C.